The number of hydrogen-bond donors (Lipinski definition) is 1. The molecule has 0 fully saturated rings. The third-order valence-electron chi connectivity index (χ3n) is 3.45. The number of carbonyl (C=O) groups is 1. The van der Waals surface area contributed by atoms with Crippen molar-refractivity contribution in [2.45, 2.75) is 20.3 Å². The topological polar surface area (TPSA) is 64.4 Å². The first-order valence-corrected chi connectivity index (χ1v) is 7.53. The third-order valence-corrected chi connectivity index (χ3v) is 3.45. The van der Waals surface area contributed by atoms with Crippen LogP contribution in [-0.4, -0.2) is 17.5 Å². The monoisotopic (exact) mass is 310 g/mol. The number of fused-ring (bicyclic) bond motifs is 1. The Bertz CT molecular complexity index is 839. The van der Waals surface area contributed by atoms with Gasteiger partial charge in [0.25, 0.3) is 5.91 Å². The lowest BCUT2D eigenvalue weighted by Gasteiger charge is -2.08. The predicted octanol–water partition coefficient (Wildman–Crippen LogP) is 3.72. The first-order chi connectivity index (χ1) is 11.1. The molecule has 0 spiro atoms. The van der Waals surface area contributed by atoms with Crippen molar-refractivity contribution in [3.8, 4) is 5.75 Å². The second kappa shape index (κ2) is 6.52. The Balaban J connectivity index is 1.61. The second-order valence-corrected chi connectivity index (χ2v) is 5.25. The van der Waals surface area contributed by atoms with Crippen molar-refractivity contribution >= 4 is 22.7 Å². The van der Waals surface area contributed by atoms with Crippen LogP contribution in [0.4, 0.5) is 5.69 Å². The van der Waals surface area contributed by atoms with E-state index in [4.69, 9.17) is 9.15 Å². The molecule has 23 heavy (non-hydrogen) atoms. The van der Waals surface area contributed by atoms with E-state index < -0.39 is 0 Å². The van der Waals surface area contributed by atoms with Crippen molar-refractivity contribution in [3.05, 3.63) is 53.9 Å². The van der Waals surface area contributed by atoms with Crippen molar-refractivity contribution in [1.82, 2.24) is 4.98 Å². The maximum Gasteiger partial charge on any atom is 0.262 e. The zero-order valence-corrected chi connectivity index (χ0v) is 13.1. The Labute approximate surface area is 134 Å². The maximum absolute atomic E-state index is 12.0. The quantitative estimate of drug-likeness (QED) is 0.780. The summed E-state index contributed by atoms with van der Waals surface area (Å²) in [5, 5.41) is 2.80. The van der Waals surface area contributed by atoms with Gasteiger partial charge in [0.1, 0.15) is 11.3 Å². The molecule has 0 aliphatic heterocycles. The highest BCUT2D eigenvalue weighted by Gasteiger charge is 2.07. The Morgan fingerprint density at radius 3 is 2.96 bits per heavy atom. The Kier molecular flexibility index (Phi) is 4.28. The van der Waals surface area contributed by atoms with E-state index in [1.165, 1.54) is 5.56 Å². The van der Waals surface area contributed by atoms with Crippen molar-refractivity contribution in [2.75, 3.05) is 11.9 Å². The fraction of sp³-hybridized carbons (Fsp3) is 0.222. The van der Waals surface area contributed by atoms with Crippen LogP contribution >= 0.6 is 0 Å². The van der Waals surface area contributed by atoms with Gasteiger partial charge in [-0.2, -0.15) is 0 Å². The number of carbonyl (C=O) groups excluding carboxylic acids is 1. The lowest BCUT2D eigenvalue weighted by atomic mass is 10.2. The Morgan fingerprint density at radius 1 is 1.26 bits per heavy atom. The van der Waals surface area contributed by atoms with E-state index in [2.05, 4.69) is 17.2 Å². The average Bonchev–Trinajstić information content (AvgIpc) is 2.92. The summed E-state index contributed by atoms with van der Waals surface area (Å²) >= 11 is 0. The molecule has 0 bridgehead atoms. The largest absolute Gasteiger partial charge is 0.484 e. The van der Waals surface area contributed by atoms with Crippen molar-refractivity contribution in [2.24, 2.45) is 0 Å². The smallest absolute Gasteiger partial charge is 0.262 e. The van der Waals surface area contributed by atoms with Gasteiger partial charge in [0, 0.05) is 12.6 Å². The van der Waals surface area contributed by atoms with Gasteiger partial charge in [-0.25, -0.2) is 4.98 Å². The standard InChI is InChI=1S/C18H18N2O3/c1-3-13-5-4-6-15(9-13)22-11-18(21)20-14-7-8-17-16(10-14)19-12(2)23-17/h4-10H,3,11H2,1-2H3,(H,20,21). The van der Waals surface area contributed by atoms with Gasteiger partial charge in [0.2, 0.25) is 0 Å². The summed E-state index contributed by atoms with van der Waals surface area (Å²) in [6.07, 6.45) is 0.931. The lowest BCUT2D eigenvalue weighted by molar-refractivity contribution is -0.118. The number of aryl methyl sites for hydroxylation is 2. The fourth-order valence-corrected chi connectivity index (χ4v) is 2.32. The SMILES string of the molecule is CCc1cccc(OCC(=O)Nc2ccc3oc(C)nc3c2)c1. The van der Waals surface area contributed by atoms with Gasteiger partial charge in [-0.1, -0.05) is 19.1 Å². The van der Waals surface area contributed by atoms with Crippen LogP contribution < -0.4 is 10.1 Å². The number of amides is 1. The summed E-state index contributed by atoms with van der Waals surface area (Å²) < 4.78 is 10.9. The van der Waals surface area contributed by atoms with E-state index in [0.717, 1.165) is 11.9 Å². The van der Waals surface area contributed by atoms with Crippen LogP contribution in [0.25, 0.3) is 11.1 Å². The minimum Gasteiger partial charge on any atom is -0.484 e. The Hall–Kier alpha value is -2.82. The number of benzene rings is 2. The van der Waals surface area contributed by atoms with E-state index in [1.807, 2.05) is 24.3 Å². The first-order valence-electron chi connectivity index (χ1n) is 7.53. The van der Waals surface area contributed by atoms with Gasteiger partial charge in [-0.3, -0.25) is 4.79 Å². The van der Waals surface area contributed by atoms with E-state index in [0.29, 0.717) is 22.9 Å². The first kappa shape index (κ1) is 15.1. The van der Waals surface area contributed by atoms with Crippen LogP contribution in [0.5, 0.6) is 5.75 Å². The number of hydrogen-bond acceptors (Lipinski definition) is 4. The molecule has 0 saturated heterocycles. The Morgan fingerprint density at radius 2 is 2.13 bits per heavy atom. The van der Waals surface area contributed by atoms with Crippen LogP contribution in [0.2, 0.25) is 0 Å². The molecule has 1 heterocycles. The molecule has 5 heteroatoms. The molecule has 0 saturated carbocycles. The minimum atomic E-state index is -0.216. The highest BCUT2D eigenvalue weighted by Crippen LogP contribution is 2.20. The summed E-state index contributed by atoms with van der Waals surface area (Å²) in [5.74, 6) is 1.08. The van der Waals surface area contributed by atoms with Crippen molar-refractivity contribution in [1.29, 1.82) is 0 Å². The van der Waals surface area contributed by atoms with Crippen molar-refractivity contribution in [3.63, 3.8) is 0 Å². The van der Waals surface area contributed by atoms with Gasteiger partial charge in [0.05, 0.1) is 0 Å². The fourth-order valence-electron chi connectivity index (χ4n) is 2.32. The molecule has 5 nitrogen and oxygen atoms in total. The molecule has 3 aromatic rings. The number of anilines is 1. The second-order valence-electron chi connectivity index (χ2n) is 5.25. The third kappa shape index (κ3) is 3.69. The summed E-state index contributed by atoms with van der Waals surface area (Å²) in [6, 6.07) is 13.1. The van der Waals surface area contributed by atoms with E-state index in [1.54, 1.807) is 25.1 Å². The highest BCUT2D eigenvalue weighted by molar-refractivity contribution is 5.93. The van der Waals surface area contributed by atoms with Gasteiger partial charge in [0.15, 0.2) is 18.1 Å². The summed E-state index contributed by atoms with van der Waals surface area (Å²) in [7, 11) is 0. The molecule has 0 unspecified atom stereocenters. The van der Waals surface area contributed by atoms with Gasteiger partial charge < -0.3 is 14.5 Å². The molecule has 2 aromatic carbocycles. The maximum atomic E-state index is 12.0. The van der Waals surface area contributed by atoms with Crippen LogP contribution in [0.15, 0.2) is 46.9 Å². The predicted molar refractivity (Wildman–Crippen MR) is 88.7 cm³/mol. The van der Waals surface area contributed by atoms with Crippen LogP contribution in [-0.2, 0) is 11.2 Å². The summed E-state index contributed by atoms with van der Waals surface area (Å²) in [6.45, 7) is 3.83. The molecule has 3 rings (SSSR count). The molecule has 0 radical (unpaired) electrons. The zero-order chi connectivity index (χ0) is 16.2. The van der Waals surface area contributed by atoms with Crippen LogP contribution in [0.1, 0.15) is 18.4 Å². The molecular weight excluding hydrogens is 292 g/mol. The van der Waals surface area contributed by atoms with Crippen molar-refractivity contribution < 1.29 is 13.9 Å². The minimum absolute atomic E-state index is 0.0386. The zero-order valence-electron chi connectivity index (χ0n) is 13.1. The van der Waals surface area contributed by atoms with E-state index >= 15 is 0 Å². The van der Waals surface area contributed by atoms with Gasteiger partial charge in [-0.05, 0) is 42.3 Å². The van der Waals surface area contributed by atoms with Gasteiger partial charge >= 0.3 is 0 Å². The van der Waals surface area contributed by atoms with Crippen LogP contribution in [0, 0.1) is 6.92 Å². The number of rotatable bonds is 5. The van der Waals surface area contributed by atoms with Crippen LogP contribution in [0.3, 0.4) is 0 Å². The number of oxazole rings is 1. The average molecular weight is 310 g/mol. The molecule has 0 atom stereocenters. The molecule has 0 aliphatic rings. The molecule has 118 valence electrons. The normalized spacial score (nSPS) is 10.7. The molecular formula is C18H18N2O3. The molecule has 1 amide bonds. The summed E-state index contributed by atoms with van der Waals surface area (Å²) in [5.41, 5.74) is 3.27. The molecule has 1 N–H and O–H groups in total. The number of ether oxygens (including phenoxy) is 1. The highest BCUT2D eigenvalue weighted by atomic mass is 16.5. The molecule has 1 aromatic heterocycles. The van der Waals surface area contributed by atoms with Gasteiger partial charge in [-0.15, -0.1) is 0 Å². The number of nitrogens with one attached hydrogen (secondary N) is 1. The number of aromatic nitrogens is 1. The summed E-state index contributed by atoms with van der Waals surface area (Å²) in [4.78, 5) is 16.2. The van der Waals surface area contributed by atoms with E-state index in [-0.39, 0.29) is 12.5 Å². The lowest BCUT2D eigenvalue weighted by Crippen LogP contribution is -2.20. The van der Waals surface area contributed by atoms with E-state index in [9.17, 15) is 4.79 Å². The molecule has 0 aliphatic carbocycles. The number of nitrogens with zero attached hydrogens (tertiary/aromatic N) is 1.